The molecule has 0 aliphatic carbocycles. The molecule has 0 amide bonds. The van der Waals surface area contributed by atoms with Gasteiger partial charge in [-0.15, -0.1) is 11.3 Å². The number of anilines is 1. The van der Waals surface area contributed by atoms with Crippen LogP contribution in [0.5, 0.6) is 0 Å². The maximum Gasteiger partial charge on any atom is 0.241 e. The standard InChI is InChI=1S/C14H16ClN3O2S2/c1-10-2-3-11(15)8-13(10)22(19,20)17-12-4-6-18(9-12)14-16-5-7-21-14/h2-3,5,7-8,12,17H,4,6,9H2,1H3. The van der Waals surface area contributed by atoms with E-state index in [1.807, 2.05) is 5.38 Å². The number of nitrogens with zero attached hydrogens (tertiary/aromatic N) is 2. The van der Waals surface area contributed by atoms with E-state index in [0.717, 1.165) is 18.1 Å². The van der Waals surface area contributed by atoms with Crippen LogP contribution in [0.15, 0.2) is 34.7 Å². The van der Waals surface area contributed by atoms with Gasteiger partial charge >= 0.3 is 0 Å². The maximum atomic E-state index is 12.6. The van der Waals surface area contributed by atoms with Gasteiger partial charge < -0.3 is 4.90 Å². The zero-order valence-electron chi connectivity index (χ0n) is 12.0. The Labute approximate surface area is 139 Å². The lowest BCUT2D eigenvalue weighted by atomic mass is 10.2. The second-order valence-electron chi connectivity index (χ2n) is 5.28. The Kier molecular flexibility index (Phi) is 4.40. The molecule has 1 aliphatic rings. The number of sulfonamides is 1. The minimum atomic E-state index is -3.57. The summed E-state index contributed by atoms with van der Waals surface area (Å²) in [4.78, 5) is 6.61. The first-order valence-corrected chi connectivity index (χ1v) is 9.63. The molecule has 1 aromatic carbocycles. The molecular formula is C14H16ClN3O2S2. The predicted octanol–water partition coefficient (Wildman–Crippen LogP) is 2.66. The summed E-state index contributed by atoms with van der Waals surface area (Å²) in [5.74, 6) is 0. The first-order valence-electron chi connectivity index (χ1n) is 6.88. The summed E-state index contributed by atoms with van der Waals surface area (Å²) in [6.45, 7) is 3.20. The van der Waals surface area contributed by atoms with Gasteiger partial charge in [0.1, 0.15) is 0 Å². The van der Waals surface area contributed by atoms with Crippen molar-refractivity contribution in [2.24, 2.45) is 0 Å². The van der Waals surface area contributed by atoms with Crippen LogP contribution in [0.1, 0.15) is 12.0 Å². The van der Waals surface area contributed by atoms with E-state index < -0.39 is 10.0 Å². The Hall–Kier alpha value is -1.15. The molecule has 0 bridgehead atoms. The number of aromatic nitrogens is 1. The first kappa shape index (κ1) is 15.7. The monoisotopic (exact) mass is 357 g/mol. The lowest BCUT2D eigenvalue weighted by Gasteiger charge is -2.16. The second-order valence-corrected chi connectivity index (χ2v) is 8.27. The Bertz CT molecular complexity index is 762. The van der Waals surface area contributed by atoms with Crippen molar-refractivity contribution >= 4 is 38.1 Å². The molecule has 0 radical (unpaired) electrons. The van der Waals surface area contributed by atoms with Crippen LogP contribution in [0.4, 0.5) is 5.13 Å². The molecule has 8 heteroatoms. The third kappa shape index (κ3) is 3.27. The Morgan fingerprint density at radius 3 is 3.00 bits per heavy atom. The van der Waals surface area contributed by atoms with Crippen LogP contribution in [-0.2, 0) is 10.0 Å². The van der Waals surface area contributed by atoms with E-state index in [0.29, 0.717) is 17.1 Å². The van der Waals surface area contributed by atoms with E-state index in [2.05, 4.69) is 14.6 Å². The van der Waals surface area contributed by atoms with Crippen LogP contribution < -0.4 is 9.62 Å². The molecule has 0 spiro atoms. The predicted molar refractivity (Wildman–Crippen MR) is 89.2 cm³/mol. The fourth-order valence-corrected chi connectivity index (χ4v) is 5.00. The van der Waals surface area contributed by atoms with Crippen molar-refractivity contribution < 1.29 is 8.42 Å². The molecule has 1 N–H and O–H groups in total. The Balaban J connectivity index is 1.74. The fraction of sp³-hybridized carbons (Fsp3) is 0.357. The average molecular weight is 358 g/mol. The van der Waals surface area contributed by atoms with Gasteiger partial charge in [0.05, 0.1) is 4.90 Å². The highest BCUT2D eigenvalue weighted by Gasteiger charge is 2.29. The minimum Gasteiger partial charge on any atom is -0.346 e. The van der Waals surface area contributed by atoms with Crippen molar-refractivity contribution in [1.29, 1.82) is 0 Å². The Morgan fingerprint density at radius 1 is 1.45 bits per heavy atom. The summed E-state index contributed by atoms with van der Waals surface area (Å²) >= 11 is 7.48. The van der Waals surface area contributed by atoms with Crippen LogP contribution in [-0.4, -0.2) is 32.5 Å². The summed E-state index contributed by atoms with van der Waals surface area (Å²) in [7, 11) is -3.57. The van der Waals surface area contributed by atoms with E-state index in [1.165, 1.54) is 6.07 Å². The van der Waals surface area contributed by atoms with Crippen molar-refractivity contribution in [3.05, 3.63) is 40.4 Å². The van der Waals surface area contributed by atoms with Gasteiger partial charge in [-0.2, -0.15) is 0 Å². The molecule has 1 unspecified atom stereocenters. The van der Waals surface area contributed by atoms with Gasteiger partial charge in [0.25, 0.3) is 0 Å². The second kappa shape index (κ2) is 6.16. The average Bonchev–Trinajstić information content (AvgIpc) is 3.11. The highest BCUT2D eigenvalue weighted by atomic mass is 35.5. The molecule has 2 aromatic rings. The molecule has 1 fully saturated rings. The third-order valence-corrected chi connectivity index (χ3v) is 6.37. The maximum absolute atomic E-state index is 12.6. The zero-order chi connectivity index (χ0) is 15.7. The molecule has 1 aromatic heterocycles. The van der Waals surface area contributed by atoms with Crippen LogP contribution in [0.2, 0.25) is 5.02 Å². The van der Waals surface area contributed by atoms with E-state index in [9.17, 15) is 8.42 Å². The van der Waals surface area contributed by atoms with Gasteiger partial charge in [0.2, 0.25) is 10.0 Å². The van der Waals surface area contributed by atoms with E-state index >= 15 is 0 Å². The van der Waals surface area contributed by atoms with E-state index in [4.69, 9.17) is 11.6 Å². The number of aryl methyl sites for hydroxylation is 1. The van der Waals surface area contributed by atoms with Gasteiger partial charge in [-0.05, 0) is 31.0 Å². The molecule has 3 rings (SSSR count). The third-order valence-electron chi connectivity index (χ3n) is 3.64. The summed E-state index contributed by atoms with van der Waals surface area (Å²) < 4.78 is 27.9. The van der Waals surface area contributed by atoms with Crippen LogP contribution in [0, 0.1) is 6.92 Å². The molecule has 22 heavy (non-hydrogen) atoms. The number of thiazole rings is 1. The van der Waals surface area contributed by atoms with E-state index in [-0.39, 0.29) is 10.9 Å². The smallest absolute Gasteiger partial charge is 0.241 e. The van der Waals surface area contributed by atoms with Crippen molar-refractivity contribution in [1.82, 2.24) is 9.71 Å². The molecule has 118 valence electrons. The lowest BCUT2D eigenvalue weighted by molar-refractivity contribution is 0.561. The highest BCUT2D eigenvalue weighted by molar-refractivity contribution is 7.89. The molecule has 5 nitrogen and oxygen atoms in total. The highest BCUT2D eigenvalue weighted by Crippen LogP contribution is 2.24. The molecule has 1 aliphatic heterocycles. The van der Waals surface area contributed by atoms with Gasteiger partial charge in [0, 0.05) is 35.7 Å². The normalized spacial score (nSPS) is 18.8. The number of nitrogens with one attached hydrogen (secondary N) is 1. The molecule has 2 heterocycles. The quantitative estimate of drug-likeness (QED) is 0.913. The van der Waals surface area contributed by atoms with E-state index in [1.54, 1.807) is 36.6 Å². The van der Waals surface area contributed by atoms with Crippen LogP contribution in [0.25, 0.3) is 0 Å². The molecule has 1 atom stereocenters. The summed E-state index contributed by atoms with van der Waals surface area (Å²) in [6, 6.07) is 4.78. The van der Waals surface area contributed by atoms with Gasteiger partial charge in [-0.1, -0.05) is 17.7 Å². The summed E-state index contributed by atoms with van der Waals surface area (Å²) in [6.07, 6.45) is 2.52. The van der Waals surface area contributed by atoms with Crippen molar-refractivity contribution in [3.8, 4) is 0 Å². The molecular weight excluding hydrogens is 342 g/mol. The number of benzene rings is 1. The fourth-order valence-electron chi connectivity index (χ4n) is 2.55. The van der Waals surface area contributed by atoms with Crippen LogP contribution >= 0.6 is 22.9 Å². The number of rotatable bonds is 4. The lowest BCUT2D eigenvalue weighted by Crippen LogP contribution is -2.37. The van der Waals surface area contributed by atoms with Gasteiger partial charge in [-0.25, -0.2) is 18.1 Å². The SMILES string of the molecule is Cc1ccc(Cl)cc1S(=O)(=O)NC1CCN(c2nccs2)C1. The van der Waals surface area contributed by atoms with Crippen molar-refractivity contribution in [3.63, 3.8) is 0 Å². The number of hydrogen-bond acceptors (Lipinski definition) is 5. The Morgan fingerprint density at radius 2 is 2.27 bits per heavy atom. The first-order chi connectivity index (χ1) is 10.5. The number of halogens is 1. The van der Waals surface area contributed by atoms with Gasteiger partial charge in [-0.3, -0.25) is 0 Å². The minimum absolute atomic E-state index is 0.118. The number of hydrogen-bond donors (Lipinski definition) is 1. The zero-order valence-corrected chi connectivity index (χ0v) is 14.4. The largest absolute Gasteiger partial charge is 0.346 e. The van der Waals surface area contributed by atoms with Crippen molar-refractivity contribution in [2.75, 3.05) is 18.0 Å². The van der Waals surface area contributed by atoms with Gasteiger partial charge in [0.15, 0.2) is 5.13 Å². The molecule has 0 saturated carbocycles. The summed E-state index contributed by atoms with van der Waals surface area (Å²) in [5, 5.41) is 3.27. The van der Waals surface area contributed by atoms with Crippen molar-refractivity contribution in [2.45, 2.75) is 24.3 Å². The summed E-state index contributed by atoms with van der Waals surface area (Å²) in [5.41, 5.74) is 0.687. The van der Waals surface area contributed by atoms with Crippen LogP contribution in [0.3, 0.4) is 0 Å². The topological polar surface area (TPSA) is 62.3 Å². The molecule has 1 saturated heterocycles.